The lowest BCUT2D eigenvalue weighted by atomic mass is 10.3. The molecule has 22 heavy (non-hydrogen) atoms. The van der Waals surface area contributed by atoms with Crippen molar-refractivity contribution in [3.8, 4) is 0 Å². The highest BCUT2D eigenvalue weighted by atomic mass is 35.5. The molecule has 0 atom stereocenters. The lowest BCUT2D eigenvalue weighted by Gasteiger charge is -1.95. The molecule has 0 bridgehead atoms. The highest BCUT2D eigenvalue weighted by molar-refractivity contribution is 6.17. The van der Waals surface area contributed by atoms with E-state index in [1.54, 1.807) is 12.4 Å². The minimum atomic E-state index is 0.0728. The summed E-state index contributed by atoms with van der Waals surface area (Å²) < 4.78 is 3.86. The third-order valence-electron chi connectivity index (χ3n) is 3.26. The van der Waals surface area contributed by atoms with Gasteiger partial charge in [0, 0.05) is 43.1 Å². The normalized spacial score (nSPS) is 10.6. The van der Waals surface area contributed by atoms with Crippen molar-refractivity contribution in [3.05, 3.63) is 72.6 Å². The van der Waals surface area contributed by atoms with Crippen LogP contribution in [-0.4, -0.2) is 23.9 Å². The summed E-state index contributed by atoms with van der Waals surface area (Å²) in [6, 6.07) is 7.70. The van der Waals surface area contributed by atoms with E-state index in [0.29, 0.717) is 5.88 Å². The van der Waals surface area contributed by atoms with E-state index < -0.39 is 0 Å². The Kier molecular flexibility index (Phi) is 4.37. The molecule has 0 unspecified atom stereocenters. The van der Waals surface area contributed by atoms with Gasteiger partial charge in [-0.2, -0.15) is 0 Å². The lowest BCUT2D eigenvalue weighted by Crippen LogP contribution is -1.87. The number of hydrogen-bond acceptors (Lipinski definition) is 3. The summed E-state index contributed by atoms with van der Waals surface area (Å²) in [5.41, 5.74) is 3.81. The number of alkyl halides is 1. The van der Waals surface area contributed by atoms with E-state index in [1.807, 2.05) is 57.9 Å². The van der Waals surface area contributed by atoms with E-state index in [0.717, 1.165) is 22.4 Å². The molecule has 4 aromatic heterocycles. The van der Waals surface area contributed by atoms with E-state index in [-0.39, 0.29) is 6.61 Å². The van der Waals surface area contributed by atoms with Gasteiger partial charge in [-0.25, -0.2) is 9.97 Å². The molecule has 4 rings (SSSR count). The van der Waals surface area contributed by atoms with Crippen molar-refractivity contribution < 1.29 is 5.11 Å². The van der Waals surface area contributed by atoms with Crippen LogP contribution in [0.25, 0.3) is 11.3 Å². The smallest absolute Gasteiger partial charge is 0.136 e. The van der Waals surface area contributed by atoms with Crippen molar-refractivity contribution in [1.82, 2.24) is 18.8 Å². The van der Waals surface area contributed by atoms with Gasteiger partial charge >= 0.3 is 0 Å². The van der Waals surface area contributed by atoms with Crippen LogP contribution in [0.1, 0.15) is 11.1 Å². The van der Waals surface area contributed by atoms with Crippen LogP contribution < -0.4 is 0 Å². The Bertz CT molecular complexity index is 810. The van der Waals surface area contributed by atoms with Gasteiger partial charge in [-0.05, 0) is 35.4 Å². The number of imidazole rings is 2. The largest absolute Gasteiger partial charge is 0.392 e. The average Bonchev–Trinajstić information content (AvgIpc) is 3.22. The summed E-state index contributed by atoms with van der Waals surface area (Å²) in [7, 11) is 0. The molecule has 0 aromatic carbocycles. The molecule has 0 radical (unpaired) electrons. The van der Waals surface area contributed by atoms with Crippen LogP contribution >= 0.6 is 11.6 Å². The van der Waals surface area contributed by atoms with Crippen molar-refractivity contribution in [2.45, 2.75) is 12.5 Å². The first-order chi connectivity index (χ1) is 10.8. The van der Waals surface area contributed by atoms with E-state index in [2.05, 4.69) is 9.97 Å². The standard InChI is InChI=1S/C8H7ClN2.C8H8N2O/c9-6-7-1-3-11-4-2-10-8(11)5-7;11-6-7-1-3-10-4-2-9-8(10)5-7/h1-5H,6H2;1-5,11H,6H2. The Labute approximate surface area is 132 Å². The van der Waals surface area contributed by atoms with Gasteiger partial charge in [0.2, 0.25) is 0 Å². The molecule has 0 aliphatic rings. The van der Waals surface area contributed by atoms with Crippen LogP contribution in [0.4, 0.5) is 0 Å². The Morgan fingerprint density at radius 1 is 0.864 bits per heavy atom. The number of pyridine rings is 2. The van der Waals surface area contributed by atoms with E-state index in [1.165, 1.54) is 0 Å². The first-order valence-corrected chi connectivity index (χ1v) is 7.33. The summed E-state index contributed by atoms with van der Waals surface area (Å²) in [6.45, 7) is 0.0728. The zero-order valence-corrected chi connectivity index (χ0v) is 12.6. The van der Waals surface area contributed by atoms with Crippen LogP contribution in [0.15, 0.2) is 61.4 Å². The minimum absolute atomic E-state index is 0.0728. The fraction of sp³-hybridized carbons (Fsp3) is 0.125. The molecule has 5 nitrogen and oxygen atoms in total. The molecule has 0 amide bonds. The zero-order chi connectivity index (χ0) is 15.4. The van der Waals surface area contributed by atoms with Crippen molar-refractivity contribution in [1.29, 1.82) is 0 Å². The third kappa shape index (κ3) is 3.10. The predicted molar refractivity (Wildman–Crippen MR) is 85.9 cm³/mol. The Morgan fingerprint density at radius 3 is 1.95 bits per heavy atom. The van der Waals surface area contributed by atoms with Gasteiger partial charge in [-0.1, -0.05) is 0 Å². The number of hydrogen-bond donors (Lipinski definition) is 1. The molecule has 112 valence electrons. The van der Waals surface area contributed by atoms with Crippen LogP contribution in [0, 0.1) is 0 Å². The second kappa shape index (κ2) is 6.60. The van der Waals surface area contributed by atoms with E-state index in [9.17, 15) is 0 Å². The van der Waals surface area contributed by atoms with Crippen molar-refractivity contribution >= 4 is 22.9 Å². The summed E-state index contributed by atoms with van der Waals surface area (Å²) in [4.78, 5) is 8.21. The fourth-order valence-electron chi connectivity index (χ4n) is 2.09. The molecule has 4 aromatic rings. The van der Waals surface area contributed by atoms with Crippen molar-refractivity contribution in [2.24, 2.45) is 0 Å². The minimum Gasteiger partial charge on any atom is -0.392 e. The van der Waals surface area contributed by atoms with Gasteiger partial charge in [0.1, 0.15) is 11.3 Å². The second-order valence-electron chi connectivity index (χ2n) is 4.75. The summed E-state index contributed by atoms with van der Waals surface area (Å²) in [5, 5.41) is 8.80. The highest BCUT2D eigenvalue weighted by Crippen LogP contribution is 2.07. The first-order valence-electron chi connectivity index (χ1n) is 6.80. The molecule has 0 aliphatic heterocycles. The summed E-state index contributed by atoms with van der Waals surface area (Å²) in [5.74, 6) is 0.545. The molecule has 0 fully saturated rings. The average molecular weight is 315 g/mol. The maximum Gasteiger partial charge on any atom is 0.136 e. The number of nitrogens with zero attached hydrogens (tertiary/aromatic N) is 4. The van der Waals surface area contributed by atoms with Crippen LogP contribution in [0.3, 0.4) is 0 Å². The molecule has 0 saturated heterocycles. The molecular weight excluding hydrogens is 300 g/mol. The topological polar surface area (TPSA) is 54.8 Å². The van der Waals surface area contributed by atoms with Crippen molar-refractivity contribution in [3.63, 3.8) is 0 Å². The number of aliphatic hydroxyl groups is 1. The first kappa shape index (κ1) is 14.6. The monoisotopic (exact) mass is 314 g/mol. The van der Waals surface area contributed by atoms with Gasteiger partial charge in [0.05, 0.1) is 6.61 Å². The molecular formula is C16H15ClN4O. The predicted octanol–water partition coefficient (Wildman–Crippen LogP) is 2.90. The molecule has 1 N–H and O–H groups in total. The van der Waals surface area contributed by atoms with Gasteiger partial charge in [0.15, 0.2) is 0 Å². The molecule has 4 heterocycles. The molecule has 0 saturated carbocycles. The van der Waals surface area contributed by atoms with Gasteiger partial charge in [-0.15, -0.1) is 11.6 Å². The van der Waals surface area contributed by atoms with Gasteiger partial charge in [0.25, 0.3) is 0 Å². The summed E-state index contributed by atoms with van der Waals surface area (Å²) >= 11 is 5.66. The number of fused-ring (bicyclic) bond motifs is 2. The van der Waals surface area contributed by atoms with E-state index >= 15 is 0 Å². The van der Waals surface area contributed by atoms with Gasteiger partial charge < -0.3 is 13.9 Å². The third-order valence-corrected chi connectivity index (χ3v) is 3.57. The second-order valence-corrected chi connectivity index (χ2v) is 5.01. The maximum absolute atomic E-state index is 8.80. The number of aliphatic hydroxyl groups excluding tert-OH is 1. The van der Waals surface area contributed by atoms with Crippen LogP contribution in [0.2, 0.25) is 0 Å². The zero-order valence-electron chi connectivity index (χ0n) is 11.8. The highest BCUT2D eigenvalue weighted by Gasteiger charge is 1.94. The van der Waals surface area contributed by atoms with E-state index in [4.69, 9.17) is 16.7 Å². The number of halogens is 1. The molecule has 0 spiro atoms. The number of rotatable bonds is 2. The van der Waals surface area contributed by atoms with Crippen LogP contribution in [0.5, 0.6) is 0 Å². The quantitative estimate of drug-likeness (QED) is 0.579. The Balaban J connectivity index is 0.000000131. The molecule has 6 heteroatoms. The number of aromatic nitrogens is 4. The molecule has 0 aliphatic carbocycles. The van der Waals surface area contributed by atoms with Gasteiger partial charge in [-0.3, -0.25) is 0 Å². The van der Waals surface area contributed by atoms with Crippen molar-refractivity contribution in [2.75, 3.05) is 0 Å². The Hall–Kier alpha value is -2.37. The SMILES string of the molecule is ClCc1ccn2ccnc2c1.OCc1ccn2ccnc2c1. The fourth-order valence-corrected chi connectivity index (χ4v) is 2.25. The van der Waals surface area contributed by atoms with Crippen LogP contribution in [-0.2, 0) is 12.5 Å². The lowest BCUT2D eigenvalue weighted by molar-refractivity contribution is 0.282. The summed E-state index contributed by atoms with van der Waals surface area (Å²) in [6.07, 6.45) is 11.1. The maximum atomic E-state index is 8.80. The Morgan fingerprint density at radius 2 is 1.41 bits per heavy atom.